The summed E-state index contributed by atoms with van der Waals surface area (Å²) in [4.78, 5) is 9.63. The maximum Gasteiger partial charge on any atom is 0.194 e. The predicted molar refractivity (Wildman–Crippen MR) is 115 cm³/mol. The number of guanidine groups is 1. The van der Waals surface area contributed by atoms with E-state index in [4.69, 9.17) is 14.3 Å². The second kappa shape index (κ2) is 9.78. The van der Waals surface area contributed by atoms with Gasteiger partial charge < -0.3 is 19.5 Å². The molecule has 0 aliphatic carbocycles. The molecule has 158 valence electrons. The summed E-state index contributed by atoms with van der Waals surface area (Å²) in [5.41, 5.74) is 1.85. The van der Waals surface area contributed by atoms with Crippen LogP contribution in [0.3, 0.4) is 0 Å². The Morgan fingerprint density at radius 2 is 1.93 bits per heavy atom. The van der Waals surface area contributed by atoms with Crippen LogP contribution in [0.2, 0.25) is 0 Å². The first-order valence-corrected chi connectivity index (χ1v) is 10.4. The van der Waals surface area contributed by atoms with E-state index in [1.807, 2.05) is 24.3 Å². The van der Waals surface area contributed by atoms with Crippen molar-refractivity contribution in [1.29, 1.82) is 0 Å². The molecule has 1 N–H and O–H groups in total. The number of nitrogens with zero attached hydrogens (tertiary/aromatic N) is 4. The number of benzene rings is 1. The molecule has 0 amide bonds. The maximum atomic E-state index is 6.11. The first kappa shape index (κ1) is 21.2. The highest BCUT2D eigenvalue weighted by Crippen LogP contribution is 2.23. The second-order valence-corrected chi connectivity index (χ2v) is 8.25. The Labute approximate surface area is 173 Å². The van der Waals surface area contributed by atoms with Gasteiger partial charge in [0.15, 0.2) is 5.96 Å². The molecule has 1 aromatic carbocycles. The molecule has 0 spiro atoms. The number of ether oxygens (including phenoxy) is 1. The minimum Gasteiger partial charge on any atom is -0.488 e. The third kappa shape index (κ3) is 6.49. The summed E-state index contributed by atoms with van der Waals surface area (Å²) in [6.45, 7) is 14.4. The van der Waals surface area contributed by atoms with E-state index in [9.17, 15) is 0 Å². The zero-order valence-corrected chi connectivity index (χ0v) is 18.0. The second-order valence-electron chi connectivity index (χ2n) is 8.25. The van der Waals surface area contributed by atoms with Crippen molar-refractivity contribution in [2.45, 2.75) is 46.4 Å². The van der Waals surface area contributed by atoms with Crippen molar-refractivity contribution in [1.82, 2.24) is 20.3 Å². The quantitative estimate of drug-likeness (QED) is 0.595. The van der Waals surface area contributed by atoms with Crippen LogP contribution in [0.15, 0.2) is 46.1 Å². The zero-order chi connectivity index (χ0) is 20.7. The summed E-state index contributed by atoms with van der Waals surface area (Å²) in [5.74, 6) is 1.86. The van der Waals surface area contributed by atoms with Crippen LogP contribution in [-0.4, -0.2) is 59.2 Å². The van der Waals surface area contributed by atoms with Gasteiger partial charge in [-0.05, 0) is 33.8 Å². The van der Waals surface area contributed by atoms with Crippen LogP contribution in [0, 0.1) is 0 Å². The molecule has 7 nitrogen and oxygen atoms in total. The van der Waals surface area contributed by atoms with Gasteiger partial charge in [-0.3, -0.25) is 4.90 Å². The summed E-state index contributed by atoms with van der Waals surface area (Å²) in [7, 11) is 0. The van der Waals surface area contributed by atoms with Crippen LogP contribution < -0.4 is 10.1 Å². The van der Waals surface area contributed by atoms with E-state index < -0.39 is 0 Å². The fourth-order valence-electron chi connectivity index (χ4n) is 3.32. The zero-order valence-electron chi connectivity index (χ0n) is 18.0. The molecule has 0 atom stereocenters. The topological polar surface area (TPSA) is 66.1 Å². The van der Waals surface area contributed by atoms with Gasteiger partial charge >= 0.3 is 0 Å². The van der Waals surface area contributed by atoms with Crippen LogP contribution in [0.5, 0.6) is 5.75 Å². The average Bonchev–Trinajstić information content (AvgIpc) is 3.19. The molecule has 1 saturated heterocycles. The Morgan fingerprint density at radius 1 is 1.17 bits per heavy atom. The minimum atomic E-state index is -0.232. The number of hydrogen-bond acceptors (Lipinski definition) is 5. The average molecular weight is 400 g/mol. The van der Waals surface area contributed by atoms with Crippen molar-refractivity contribution >= 4 is 5.96 Å². The fraction of sp³-hybridized carbons (Fsp3) is 0.545. The molecular weight excluding hydrogens is 366 g/mol. The Kier molecular flexibility index (Phi) is 7.14. The van der Waals surface area contributed by atoms with E-state index in [1.54, 1.807) is 6.26 Å². The van der Waals surface area contributed by atoms with Crippen molar-refractivity contribution < 1.29 is 9.26 Å². The molecule has 7 heteroatoms. The van der Waals surface area contributed by atoms with Gasteiger partial charge in [-0.25, -0.2) is 4.99 Å². The summed E-state index contributed by atoms with van der Waals surface area (Å²) in [6, 6.07) is 10.1. The van der Waals surface area contributed by atoms with E-state index in [0.717, 1.165) is 62.2 Å². The Hall–Kier alpha value is -2.54. The molecule has 1 aliphatic rings. The molecule has 2 heterocycles. The van der Waals surface area contributed by atoms with E-state index in [2.05, 4.69) is 54.0 Å². The number of nitrogens with one attached hydrogen (secondary N) is 1. The molecule has 0 saturated carbocycles. The fourth-order valence-corrected chi connectivity index (χ4v) is 3.32. The molecule has 0 unspecified atom stereocenters. The van der Waals surface area contributed by atoms with Gasteiger partial charge in [0.2, 0.25) is 0 Å². The molecule has 2 aromatic rings. The highest BCUT2D eigenvalue weighted by molar-refractivity contribution is 5.80. The van der Waals surface area contributed by atoms with Crippen molar-refractivity contribution in [3.8, 4) is 5.75 Å². The highest BCUT2D eigenvalue weighted by atomic mass is 16.5. The van der Waals surface area contributed by atoms with Crippen LogP contribution in [0.4, 0.5) is 0 Å². The third-order valence-electron chi connectivity index (χ3n) is 4.67. The van der Waals surface area contributed by atoms with Crippen LogP contribution in [0.25, 0.3) is 0 Å². The van der Waals surface area contributed by atoms with Crippen LogP contribution >= 0.6 is 0 Å². The largest absolute Gasteiger partial charge is 0.488 e. The molecule has 1 fully saturated rings. The van der Waals surface area contributed by atoms with Gasteiger partial charge in [-0.2, -0.15) is 0 Å². The first-order chi connectivity index (χ1) is 13.9. The van der Waals surface area contributed by atoms with Gasteiger partial charge in [0, 0.05) is 50.9 Å². The number of hydrogen-bond donors (Lipinski definition) is 1. The van der Waals surface area contributed by atoms with Crippen molar-refractivity contribution in [3.63, 3.8) is 0 Å². The Balaban J connectivity index is 1.62. The summed E-state index contributed by atoms with van der Waals surface area (Å²) < 4.78 is 11.0. The maximum absolute atomic E-state index is 6.11. The third-order valence-corrected chi connectivity index (χ3v) is 4.67. The van der Waals surface area contributed by atoms with Crippen LogP contribution in [-0.2, 0) is 13.1 Å². The van der Waals surface area contributed by atoms with Gasteiger partial charge in [0.1, 0.15) is 17.6 Å². The number of rotatable bonds is 6. The standard InChI is InChI=1S/C22H33N5O2/c1-5-23-21(24-16-18-8-6-7-9-20(18)29-22(2,3)4)27-13-11-26(12-14-27)17-19-10-15-28-25-19/h6-10,15H,5,11-14,16-17H2,1-4H3,(H,23,24). The molecule has 0 bridgehead atoms. The Morgan fingerprint density at radius 3 is 2.59 bits per heavy atom. The lowest BCUT2D eigenvalue weighted by Gasteiger charge is -2.36. The first-order valence-electron chi connectivity index (χ1n) is 10.4. The van der Waals surface area contributed by atoms with Crippen molar-refractivity contribution in [2.24, 2.45) is 4.99 Å². The van der Waals surface area contributed by atoms with Gasteiger partial charge in [0.25, 0.3) is 0 Å². The normalized spacial score (nSPS) is 16.1. The lowest BCUT2D eigenvalue weighted by Crippen LogP contribution is -2.52. The summed E-state index contributed by atoms with van der Waals surface area (Å²) >= 11 is 0. The highest BCUT2D eigenvalue weighted by Gasteiger charge is 2.20. The van der Waals surface area contributed by atoms with Crippen molar-refractivity contribution in [2.75, 3.05) is 32.7 Å². The Bertz CT molecular complexity index is 775. The minimum absolute atomic E-state index is 0.232. The summed E-state index contributed by atoms with van der Waals surface area (Å²) in [6.07, 6.45) is 1.63. The number of aliphatic imine (C=N–C) groups is 1. The predicted octanol–water partition coefficient (Wildman–Crippen LogP) is 3.14. The molecule has 3 rings (SSSR count). The van der Waals surface area contributed by atoms with Gasteiger partial charge in [-0.15, -0.1) is 0 Å². The van der Waals surface area contributed by atoms with E-state index in [0.29, 0.717) is 6.54 Å². The molecule has 0 radical (unpaired) electrons. The number of piperazine rings is 1. The van der Waals surface area contributed by atoms with E-state index in [-0.39, 0.29) is 5.60 Å². The van der Waals surface area contributed by atoms with Gasteiger partial charge in [0.05, 0.1) is 12.2 Å². The monoisotopic (exact) mass is 399 g/mol. The van der Waals surface area contributed by atoms with Crippen molar-refractivity contribution in [3.05, 3.63) is 47.9 Å². The van der Waals surface area contributed by atoms with Crippen LogP contribution in [0.1, 0.15) is 39.0 Å². The molecular formula is C22H33N5O2. The smallest absolute Gasteiger partial charge is 0.194 e. The number of aromatic nitrogens is 1. The lowest BCUT2D eigenvalue weighted by molar-refractivity contribution is 0.129. The summed E-state index contributed by atoms with van der Waals surface area (Å²) in [5, 5.41) is 7.45. The molecule has 1 aromatic heterocycles. The SMILES string of the molecule is CCNC(=NCc1ccccc1OC(C)(C)C)N1CCN(Cc2ccon2)CC1. The molecule has 1 aliphatic heterocycles. The van der Waals surface area contributed by atoms with Gasteiger partial charge in [-0.1, -0.05) is 23.4 Å². The molecule has 29 heavy (non-hydrogen) atoms. The number of para-hydroxylation sites is 1. The van der Waals surface area contributed by atoms with E-state index >= 15 is 0 Å². The van der Waals surface area contributed by atoms with E-state index in [1.165, 1.54) is 0 Å². The lowest BCUT2D eigenvalue weighted by atomic mass is 10.1.